The summed E-state index contributed by atoms with van der Waals surface area (Å²) in [5.74, 6) is -0.113. The van der Waals surface area contributed by atoms with Gasteiger partial charge in [-0.25, -0.2) is 9.37 Å². The number of alkyl halides is 1. The second-order valence-corrected chi connectivity index (χ2v) is 9.44. The van der Waals surface area contributed by atoms with Crippen LogP contribution < -0.4 is 20.9 Å². The molecule has 5 rings (SSSR count). The third-order valence-electron chi connectivity index (χ3n) is 6.40. The summed E-state index contributed by atoms with van der Waals surface area (Å²) in [7, 11) is 0. The smallest absolute Gasteiger partial charge is 0.297 e. The van der Waals surface area contributed by atoms with E-state index < -0.39 is 11.4 Å². The van der Waals surface area contributed by atoms with Gasteiger partial charge in [-0.2, -0.15) is 0 Å². The molecular formula is C26H26ClFN4O3. The maximum atomic E-state index is 14.6. The number of halogens is 2. The predicted octanol–water partition coefficient (Wildman–Crippen LogP) is 4.29. The number of aryl methyl sites for hydroxylation is 1. The molecule has 2 fully saturated rings. The molecule has 0 radical (unpaired) electrons. The van der Waals surface area contributed by atoms with E-state index in [1.807, 2.05) is 13.0 Å². The van der Waals surface area contributed by atoms with E-state index in [1.165, 1.54) is 16.8 Å². The molecule has 1 aromatic heterocycles. The van der Waals surface area contributed by atoms with E-state index >= 15 is 0 Å². The van der Waals surface area contributed by atoms with Crippen LogP contribution in [0.1, 0.15) is 47.2 Å². The highest BCUT2D eigenvalue weighted by atomic mass is 35.5. The highest BCUT2D eigenvalue weighted by Gasteiger charge is 2.47. The largest absolute Gasteiger partial charge is 0.489 e. The van der Waals surface area contributed by atoms with Crippen LogP contribution >= 0.6 is 11.6 Å². The lowest BCUT2D eigenvalue weighted by atomic mass is 10.0. The van der Waals surface area contributed by atoms with Crippen molar-refractivity contribution in [2.24, 2.45) is 0 Å². The zero-order valence-corrected chi connectivity index (χ0v) is 20.1. The van der Waals surface area contributed by atoms with Crippen molar-refractivity contribution in [1.82, 2.24) is 14.9 Å². The third kappa shape index (κ3) is 4.75. The van der Waals surface area contributed by atoms with Gasteiger partial charge in [0.05, 0.1) is 17.1 Å². The Bertz CT molecular complexity index is 1330. The molecule has 0 saturated heterocycles. The summed E-state index contributed by atoms with van der Waals surface area (Å²) in [5, 5.41) is 6.23. The Morgan fingerprint density at radius 2 is 2.09 bits per heavy atom. The maximum absolute atomic E-state index is 14.6. The molecule has 0 atom stereocenters. The number of anilines is 1. The molecule has 3 aromatic rings. The summed E-state index contributed by atoms with van der Waals surface area (Å²) < 4.78 is 21.6. The van der Waals surface area contributed by atoms with Crippen molar-refractivity contribution in [1.29, 1.82) is 0 Å². The topological polar surface area (TPSA) is 85.2 Å². The quantitative estimate of drug-likeness (QED) is 0.432. The van der Waals surface area contributed by atoms with Gasteiger partial charge < -0.3 is 15.4 Å². The number of benzene rings is 2. The molecule has 2 aliphatic carbocycles. The van der Waals surface area contributed by atoms with Crippen LogP contribution in [0.2, 0.25) is 0 Å². The fourth-order valence-electron chi connectivity index (χ4n) is 4.18. The minimum atomic E-state index is -0.657. The number of ether oxygens (including phenoxy) is 1. The Hall–Kier alpha value is -3.39. The molecule has 0 spiro atoms. The Labute approximate surface area is 207 Å². The SMILES string of the molecule is Cc1ccc(C(=O)NC2CC2)cc1-n1ccnc(NC2(c3cccc(F)c3OCCCl)CC2)c1=O. The Kier molecular flexibility index (Phi) is 6.23. The van der Waals surface area contributed by atoms with E-state index in [2.05, 4.69) is 15.6 Å². The molecule has 2 aromatic carbocycles. The zero-order valence-electron chi connectivity index (χ0n) is 19.3. The van der Waals surface area contributed by atoms with Crippen molar-refractivity contribution >= 4 is 23.3 Å². The Morgan fingerprint density at radius 1 is 1.29 bits per heavy atom. The number of nitrogens with one attached hydrogen (secondary N) is 2. The van der Waals surface area contributed by atoms with E-state index in [4.69, 9.17) is 16.3 Å². The first-order valence-electron chi connectivity index (χ1n) is 11.7. The number of aromatic nitrogens is 2. The molecule has 7 nitrogen and oxygen atoms in total. The van der Waals surface area contributed by atoms with E-state index in [9.17, 15) is 14.0 Å². The molecule has 2 saturated carbocycles. The molecule has 0 aliphatic heterocycles. The molecule has 182 valence electrons. The number of nitrogens with zero attached hydrogens (tertiary/aromatic N) is 2. The van der Waals surface area contributed by atoms with Crippen LogP contribution in [0.4, 0.5) is 10.2 Å². The van der Waals surface area contributed by atoms with Crippen LogP contribution in [0, 0.1) is 12.7 Å². The van der Waals surface area contributed by atoms with Gasteiger partial charge in [0, 0.05) is 29.6 Å². The maximum Gasteiger partial charge on any atom is 0.297 e. The fourth-order valence-corrected chi connectivity index (χ4v) is 4.26. The first-order valence-corrected chi connectivity index (χ1v) is 12.2. The molecule has 0 unspecified atom stereocenters. The fraction of sp³-hybridized carbons (Fsp3) is 0.346. The average Bonchev–Trinajstić information content (AvgIpc) is 3.78. The summed E-state index contributed by atoms with van der Waals surface area (Å²) in [4.78, 5) is 30.3. The van der Waals surface area contributed by atoms with E-state index in [0.717, 1.165) is 18.4 Å². The summed E-state index contributed by atoms with van der Waals surface area (Å²) in [6, 6.07) is 10.3. The van der Waals surface area contributed by atoms with Crippen LogP contribution in [0.5, 0.6) is 5.75 Å². The van der Waals surface area contributed by atoms with Crippen molar-refractivity contribution in [2.75, 3.05) is 17.8 Å². The first kappa shape index (κ1) is 23.4. The molecule has 0 bridgehead atoms. The number of carbonyl (C=O) groups is 1. The van der Waals surface area contributed by atoms with Gasteiger partial charge >= 0.3 is 0 Å². The standard InChI is InChI=1S/C26H26ClFN4O3/c1-16-5-6-17(24(33)30-18-7-8-18)15-21(16)32-13-12-29-23(25(32)34)31-26(9-10-26)19-3-2-4-20(28)22(19)35-14-11-27/h2-6,12-13,15,18H,7-11,14H2,1H3,(H,29,31)(H,30,33). The lowest BCUT2D eigenvalue weighted by molar-refractivity contribution is 0.0951. The summed E-state index contributed by atoms with van der Waals surface area (Å²) in [6.45, 7) is 2.05. The first-order chi connectivity index (χ1) is 16.9. The number of para-hydroxylation sites is 1. The monoisotopic (exact) mass is 496 g/mol. The average molecular weight is 497 g/mol. The lowest BCUT2D eigenvalue weighted by Crippen LogP contribution is -2.30. The number of hydrogen-bond donors (Lipinski definition) is 2. The zero-order chi connectivity index (χ0) is 24.6. The summed E-state index contributed by atoms with van der Waals surface area (Å²) >= 11 is 5.74. The summed E-state index contributed by atoms with van der Waals surface area (Å²) in [6.07, 6.45) is 6.49. The highest BCUT2D eigenvalue weighted by Crippen LogP contribution is 2.51. The van der Waals surface area contributed by atoms with Gasteiger partial charge in [0.1, 0.15) is 6.61 Å². The van der Waals surface area contributed by atoms with Gasteiger partial charge in [-0.1, -0.05) is 18.2 Å². The number of rotatable bonds is 9. The van der Waals surface area contributed by atoms with Crippen molar-refractivity contribution in [2.45, 2.75) is 44.2 Å². The minimum absolute atomic E-state index is 0.139. The Balaban J connectivity index is 1.47. The van der Waals surface area contributed by atoms with Crippen LogP contribution in [0.15, 0.2) is 53.6 Å². The lowest BCUT2D eigenvalue weighted by Gasteiger charge is -2.22. The van der Waals surface area contributed by atoms with Crippen LogP contribution in [0.3, 0.4) is 0 Å². The van der Waals surface area contributed by atoms with Gasteiger partial charge in [-0.05, 0) is 56.4 Å². The van der Waals surface area contributed by atoms with Gasteiger partial charge in [-0.3, -0.25) is 14.2 Å². The molecule has 9 heteroatoms. The normalized spacial score (nSPS) is 16.0. The van der Waals surface area contributed by atoms with E-state index in [0.29, 0.717) is 29.7 Å². The predicted molar refractivity (Wildman–Crippen MR) is 132 cm³/mol. The molecule has 1 heterocycles. The molecule has 1 amide bonds. The van der Waals surface area contributed by atoms with Gasteiger partial charge in [0.15, 0.2) is 17.4 Å². The third-order valence-corrected chi connectivity index (χ3v) is 6.55. The Morgan fingerprint density at radius 3 is 2.80 bits per heavy atom. The van der Waals surface area contributed by atoms with Crippen molar-refractivity contribution in [3.8, 4) is 11.4 Å². The summed E-state index contributed by atoms with van der Waals surface area (Å²) in [5.41, 5.74) is 1.56. The van der Waals surface area contributed by atoms with Crippen molar-refractivity contribution < 1.29 is 13.9 Å². The highest BCUT2D eigenvalue weighted by molar-refractivity contribution is 6.18. The second-order valence-electron chi connectivity index (χ2n) is 9.06. The van der Waals surface area contributed by atoms with Crippen LogP contribution in [0.25, 0.3) is 5.69 Å². The molecule has 35 heavy (non-hydrogen) atoms. The molecule has 2 aliphatic rings. The van der Waals surface area contributed by atoms with Gasteiger partial charge in [-0.15, -0.1) is 11.6 Å². The van der Waals surface area contributed by atoms with Crippen LogP contribution in [-0.4, -0.2) is 34.0 Å². The van der Waals surface area contributed by atoms with Crippen molar-refractivity contribution in [3.63, 3.8) is 0 Å². The van der Waals surface area contributed by atoms with E-state index in [1.54, 1.807) is 30.5 Å². The number of hydrogen-bond acceptors (Lipinski definition) is 5. The molecular weight excluding hydrogens is 471 g/mol. The van der Waals surface area contributed by atoms with Gasteiger partial charge in [0.2, 0.25) is 0 Å². The molecule has 2 N–H and O–H groups in total. The van der Waals surface area contributed by atoms with E-state index in [-0.39, 0.29) is 41.6 Å². The van der Waals surface area contributed by atoms with Gasteiger partial charge in [0.25, 0.3) is 11.5 Å². The number of carbonyl (C=O) groups excluding carboxylic acids is 1. The minimum Gasteiger partial charge on any atom is -0.489 e. The number of amides is 1. The van der Waals surface area contributed by atoms with Crippen LogP contribution in [-0.2, 0) is 5.54 Å². The second kappa shape index (κ2) is 9.34. The van der Waals surface area contributed by atoms with Crippen molar-refractivity contribution in [3.05, 3.63) is 81.7 Å².